The van der Waals surface area contributed by atoms with Gasteiger partial charge in [-0.3, -0.25) is 9.59 Å². The molecular weight excluding hydrogens is 432 g/mol. The fourth-order valence-corrected chi connectivity index (χ4v) is 4.87. The maximum Gasteiger partial charge on any atom is 0.251 e. The third-order valence-electron chi connectivity index (χ3n) is 4.67. The highest BCUT2D eigenvalue weighted by Gasteiger charge is 2.37. The zero-order valence-corrected chi connectivity index (χ0v) is 18.0. The number of carbonyl (C=O) groups is 2. The fraction of sp³-hybridized carbons (Fsp3) is 0.300. The Kier molecular flexibility index (Phi) is 6.52. The van der Waals surface area contributed by atoms with Crippen molar-refractivity contribution in [1.29, 1.82) is 0 Å². The molecule has 0 aliphatic carbocycles. The van der Waals surface area contributed by atoms with Crippen LogP contribution >= 0.6 is 11.6 Å². The number of anilines is 1. The van der Waals surface area contributed by atoms with E-state index in [1.165, 1.54) is 18.2 Å². The van der Waals surface area contributed by atoms with Crippen LogP contribution in [-0.4, -0.2) is 46.7 Å². The lowest BCUT2D eigenvalue weighted by molar-refractivity contribution is -0.116. The second-order valence-corrected chi connectivity index (χ2v) is 8.92. The molecule has 1 aliphatic rings. The lowest BCUT2D eigenvalue weighted by Crippen LogP contribution is -2.30. The number of hydrogen-bond acceptors (Lipinski definition) is 6. The van der Waals surface area contributed by atoms with Crippen molar-refractivity contribution < 1.29 is 27.5 Å². The monoisotopic (exact) mass is 452 g/mol. The van der Waals surface area contributed by atoms with Crippen LogP contribution in [-0.2, 0) is 21.2 Å². The Hall–Kier alpha value is -2.78. The molecule has 2 aromatic carbocycles. The van der Waals surface area contributed by atoms with E-state index < -0.39 is 21.8 Å². The van der Waals surface area contributed by atoms with Gasteiger partial charge in [-0.05, 0) is 48.4 Å². The van der Waals surface area contributed by atoms with Crippen LogP contribution in [0.25, 0.3) is 0 Å². The molecule has 3 rings (SSSR count). The first-order valence-electron chi connectivity index (χ1n) is 9.11. The predicted molar refractivity (Wildman–Crippen MR) is 113 cm³/mol. The summed E-state index contributed by atoms with van der Waals surface area (Å²) in [6.45, 7) is 0.307. The Labute approximate surface area is 179 Å². The first kappa shape index (κ1) is 21.9. The van der Waals surface area contributed by atoms with Crippen molar-refractivity contribution in [2.24, 2.45) is 0 Å². The van der Waals surface area contributed by atoms with E-state index in [0.29, 0.717) is 28.8 Å². The quantitative estimate of drug-likeness (QED) is 0.692. The molecular formula is C20H21ClN2O6S. The van der Waals surface area contributed by atoms with E-state index in [2.05, 4.69) is 5.32 Å². The second-order valence-electron chi connectivity index (χ2n) is 6.57. The number of halogens is 1. The van der Waals surface area contributed by atoms with E-state index in [1.807, 2.05) is 6.07 Å². The van der Waals surface area contributed by atoms with Crippen LogP contribution in [0.2, 0.25) is 5.02 Å². The summed E-state index contributed by atoms with van der Waals surface area (Å²) in [4.78, 5) is 24.6. The van der Waals surface area contributed by atoms with Gasteiger partial charge in [0.25, 0.3) is 5.91 Å². The van der Waals surface area contributed by atoms with E-state index >= 15 is 0 Å². The molecule has 160 valence electrons. The molecule has 1 saturated heterocycles. The van der Waals surface area contributed by atoms with Crippen molar-refractivity contribution >= 4 is 39.1 Å². The van der Waals surface area contributed by atoms with Crippen LogP contribution in [0.5, 0.6) is 11.5 Å². The number of amides is 2. The molecule has 1 N–H and O–H groups in total. The minimum atomic E-state index is -3.78. The van der Waals surface area contributed by atoms with Crippen molar-refractivity contribution in [1.82, 2.24) is 5.32 Å². The maximum absolute atomic E-state index is 12.6. The highest BCUT2D eigenvalue weighted by molar-refractivity contribution is 7.94. The van der Waals surface area contributed by atoms with Crippen molar-refractivity contribution in [3.8, 4) is 11.5 Å². The normalized spacial score (nSPS) is 15.2. The number of rotatable bonds is 7. The minimum absolute atomic E-state index is 0.0127. The molecule has 0 saturated carbocycles. The van der Waals surface area contributed by atoms with Crippen LogP contribution in [0.15, 0.2) is 36.4 Å². The largest absolute Gasteiger partial charge is 0.497 e. The fourth-order valence-electron chi connectivity index (χ4n) is 3.15. The third kappa shape index (κ3) is 4.52. The summed E-state index contributed by atoms with van der Waals surface area (Å²) < 4.78 is 35.6. The van der Waals surface area contributed by atoms with Gasteiger partial charge in [0, 0.05) is 18.5 Å². The topological polar surface area (TPSA) is 102 Å². The Bertz CT molecular complexity index is 1090. The van der Waals surface area contributed by atoms with Crippen LogP contribution in [0.4, 0.5) is 5.69 Å². The molecule has 0 spiro atoms. The van der Waals surface area contributed by atoms with Crippen LogP contribution in [0.3, 0.4) is 0 Å². The van der Waals surface area contributed by atoms with Gasteiger partial charge in [0.15, 0.2) is 0 Å². The standard InChI is InChI=1S/C20H21ClN2O6S/c1-28-15-4-6-18(29-2)13(11-15)7-9-22-20(25)14-3-5-16(21)17(12-14)23-19(24)8-10-30(23,26)27/h3-6,11-12H,7-10H2,1-2H3,(H,22,25). The first-order valence-corrected chi connectivity index (χ1v) is 11.1. The van der Waals surface area contributed by atoms with E-state index in [0.717, 1.165) is 5.56 Å². The lowest BCUT2D eigenvalue weighted by Gasteiger charge is -2.17. The van der Waals surface area contributed by atoms with Crippen molar-refractivity contribution in [3.63, 3.8) is 0 Å². The second kappa shape index (κ2) is 8.93. The Morgan fingerprint density at radius 1 is 1.17 bits per heavy atom. The van der Waals surface area contributed by atoms with Gasteiger partial charge >= 0.3 is 0 Å². The molecule has 1 fully saturated rings. The summed E-state index contributed by atoms with van der Waals surface area (Å²) in [6.07, 6.45) is 0.378. The molecule has 0 radical (unpaired) electrons. The lowest BCUT2D eigenvalue weighted by atomic mass is 10.1. The number of nitrogens with zero attached hydrogens (tertiary/aromatic N) is 1. The number of hydrogen-bond donors (Lipinski definition) is 1. The molecule has 1 aliphatic heterocycles. The van der Waals surface area contributed by atoms with Gasteiger partial charge in [0.1, 0.15) is 11.5 Å². The molecule has 10 heteroatoms. The molecule has 2 aromatic rings. The molecule has 8 nitrogen and oxygen atoms in total. The van der Waals surface area contributed by atoms with E-state index in [4.69, 9.17) is 21.1 Å². The zero-order chi connectivity index (χ0) is 21.9. The zero-order valence-electron chi connectivity index (χ0n) is 16.5. The maximum atomic E-state index is 12.6. The van der Waals surface area contributed by atoms with Crippen LogP contribution in [0.1, 0.15) is 22.3 Å². The van der Waals surface area contributed by atoms with Crippen molar-refractivity contribution in [2.75, 3.05) is 30.8 Å². The summed E-state index contributed by atoms with van der Waals surface area (Å²) in [7, 11) is -0.651. The summed E-state index contributed by atoms with van der Waals surface area (Å²) >= 11 is 6.10. The summed E-state index contributed by atoms with van der Waals surface area (Å²) in [5, 5.41) is 2.85. The number of ether oxygens (including phenoxy) is 2. The number of sulfonamides is 1. The van der Waals surface area contributed by atoms with Gasteiger partial charge < -0.3 is 14.8 Å². The summed E-state index contributed by atoms with van der Waals surface area (Å²) in [5.74, 6) is 0.0898. The SMILES string of the molecule is COc1ccc(OC)c(CCNC(=O)c2ccc(Cl)c(N3C(=O)CCS3(=O)=O)c2)c1. The molecule has 0 unspecified atom stereocenters. The van der Waals surface area contributed by atoms with Gasteiger partial charge in [-0.15, -0.1) is 0 Å². The highest BCUT2D eigenvalue weighted by atomic mass is 35.5. The van der Waals surface area contributed by atoms with E-state index in [9.17, 15) is 18.0 Å². The smallest absolute Gasteiger partial charge is 0.251 e. The predicted octanol–water partition coefficient (Wildman–Crippen LogP) is 2.40. The van der Waals surface area contributed by atoms with Crippen LogP contribution in [0, 0.1) is 0 Å². The van der Waals surface area contributed by atoms with Crippen molar-refractivity contribution in [3.05, 3.63) is 52.5 Å². The summed E-state index contributed by atoms with van der Waals surface area (Å²) in [5.41, 5.74) is 1.05. The molecule has 0 bridgehead atoms. The number of nitrogens with one attached hydrogen (secondary N) is 1. The number of benzene rings is 2. The average Bonchev–Trinajstić information content (AvgIpc) is 3.00. The Morgan fingerprint density at radius 2 is 1.93 bits per heavy atom. The van der Waals surface area contributed by atoms with Gasteiger partial charge in [-0.25, -0.2) is 12.7 Å². The van der Waals surface area contributed by atoms with Gasteiger partial charge in [0.05, 0.1) is 30.7 Å². The average molecular weight is 453 g/mol. The van der Waals surface area contributed by atoms with Gasteiger partial charge in [-0.2, -0.15) is 0 Å². The minimum Gasteiger partial charge on any atom is -0.497 e. The van der Waals surface area contributed by atoms with Crippen LogP contribution < -0.4 is 19.1 Å². The van der Waals surface area contributed by atoms with E-state index in [1.54, 1.807) is 26.4 Å². The highest BCUT2D eigenvalue weighted by Crippen LogP contribution is 2.32. The number of methoxy groups -OCH3 is 2. The Morgan fingerprint density at radius 3 is 2.57 bits per heavy atom. The molecule has 2 amide bonds. The molecule has 0 aromatic heterocycles. The Balaban J connectivity index is 1.73. The molecule has 30 heavy (non-hydrogen) atoms. The van der Waals surface area contributed by atoms with Gasteiger partial charge in [-0.1, -0.05) is 11.6 Å². The molecule has 0 atom stereocenters. The van der Waals surface area contributed by atoms with Crippen molar-refractivity contribution in [2.45, 2.75) is 12.8 Å². The molecule has 1 heterocycles. The van der Waals surface area contributed by atoms with Gasteiger partial charge in [0.2, 0.25) is 15.9 Å². The summed E-state index contributed by atoms with van der Waals surface area (Å²) in [6, 6.07) is 9.58. The van der Waals surface area contributed by atoms with E-state index in [-0.39, 0.29) is 28.4 Å². The number of carbonyl (C=O) groups excluding carboxylic acids is 2. The third-order valence-corrected chi connectivity index (χ3v) is 6.67. The first-order chi connectivity index (χ1) is 14.3.